The third-order valence-electron chi connectivity index (χ3n) is 7.29. The number of amides is 1. The molecule has 5 fully saturated rings. The fourth-order valence-corrected chi connectivity index (χ4v) is 5.34. The van der Waals surface area contributed by atoms with Gasteiger partial charge in [-0.15, -0.1) is 0 Å². The van der Waals surface area contributed by atoms with Crippen molar-refractivity contribution in [2.24, 2.45) is 5.92 Å². The predicted molar refractivity (Wildman–Crippen MR) is 111 cm³/mol. The van der Waals surface area contributed by atoms with Crippen LogP contribution in [0.3, 0.4) is 0 Å². The number of piperazine rings is 1. The van der Waals surface area contributed by atoms with Gasteiger partial charge in [0.2, 0.25) is 11.9 Å². The molecule has 4 saturated heterocycles. The topological polar surface area (TPSA) is 91.5 Å². The Balaban J connectivity index is 1.38. The van der Waals surface area contributed by atoms with Crippen LogP contribution in [0.1, 0.15) is 25.3 Å². The SMILES string of the molecule is CC(=O)N1CC2[C@H]1CN2c1cc(-c2cnc(N)c(C(F)(F)F)c2)nc(N2CC3CC2C3)n1. The van der Waals surface area contributed by atoms with Gasteiger partial charge in [-0.2, -0.15) is 18.2 Å². The van der Waals surface area contributed by atoms with E-state index in [1.165, 1.54) is 6.20 Å². The van der Waals surface area contributed by atoms with E-state index in [0.717, 1.165) is 25.5 Å². The number of rotatable bonds is 3. The van der Waals surface area contributed by atoms with E-state index in [9.17, 15) is 18.0 Å². The maximum Gasteiger partial charge on any atom is 0.419 e. The number of hydrogen-bond acceptors (Lipinski definition) is 7. The van der Waals surface area contributed by atoms with Gasteiger partial charge in [-0.1, -0.05) is 0 Å². The number of aromatic nitrogens is 3. The van der Waals surface area contributed by atoms with E-state index in [1.807, 2.05) is 4.90 Å². The fraction of sp³-hybridized carbons (Fsp3) is 0.524. The third kappa shape index (κ3) is 2.82. The molecule has 11 heteroatoms. The molecule has 5 aliphatic rings. The van der Waals surface area contributed by atoms with Crippen LogP contribution >= 0.6 is 0 Å². The summed E-state index contributed by atoms with van der Waals surface area (Å²) < 4.78 is 40.2. The van der Waals surface area contributed by atoms with Crippen LogP contribution in [0.25, 0.3) is 11.3 Å². The van der Waals surface area contributed by atoms with E-state index in [0.29, 0.717) is 42.5 Å². The number of halogens is 3. The van der Waals surface area contributed by atoms with Crippen molar-refractivity contribution in [1.29, 1.82) is 0 Å². The Hall–Kier alpha value is -3.11. The number of carbonyl (C=O) groups is 1. The zero-order chi connectivity index (χ0) is 22.4. The van der Waals surface area contributed by atoms with Crippen LogP contribution in [-0.4, -0.2) is 63.5 Å². The zero-order valence-electron chi connectivity index (χ0n) is 17.4. The molecule has 6 heterocycles. The molecule has 168 valence electrons. The number of alkyl halides is 3. The Kier molecular flexibility index (Phi) is 3.95. The number of nitrogens with zero attached hydrogens (tertiary/aromatic N) is 6. The first-order valence-corrected chi connectivity index (χ1v) is 10.7. The summed E-state index contributed by atoms with van der Waals surface area (Å²) in [6.07, 6.45) is -1.07. The highest BCUT2D eigenvalue weighted by molar-refractivity contribution is 5.77. The molecule has 1 saturated carbocycles. The van der Waals surface area contributed by atoms with Crippen LogP contribution in [0.4, 0.5) is 30.8 Å². The highest BCUT2D eigenvalue weighted by Gasteiger charge is 2.53. The Morgan fingerprint density at radius 3 is 2.47 bits per heavy atom. The normalized spacial score (nSPS) is 28.1. The van der Waals surface area contributed by atoms with Gasteiger partial charge in [0.05, 0.1) is 23.3 Å². The molecule has 0 aromatic carbocycles. The minimum absolute atomic E-state index is 0.0550. The van der Waals surface area contributed by atoms with E-state index in [2.05, 4.69) is 19.8 Å². The first-order chi connectivity index (χ1) is 15.2. The van der Waals surface area contributed by atoms with Gasteiger partial charge >= 0.3 is 6.18 Å². The van der Waals surface area contributed by atoms with Crippen LogP contribution in [0.5, 0.6) is 0 Å². The molecular weight excluding hydrogens is 423 g/mol. The molecule has 4 aliphatic heterocycles. The largest absolute Gasteiger partial charge is 0.419 e. The van der Waals surface area contributed by atoms with Gasteiger partial charge in [0.25, 0.3) is 0 Å². The van der Waals surface area contributed by atoms with Crippen LogP contribution in [0.2, 0.25) is 0 Å². The molecule has 1 amide bonds. The maximum absolute atomic E-state index is 13.4. The van der Waals surface area contributed by atoms with Crippen LogP contribution in [0, 0.1) is 5.92 Å². The van der Waals surface area contributed by atoms with Crippen LogP contribution < -0.4 is 15.5 Å². The summed E-state index contributed by atoms with van der Waals surface area (Å²) in [5.41, 5.74) is 5.15. The third-order valence-corrected chi connectivity index (χ3v) is 7.29. The van der Waals surface area contributed by atoms with Crippen LogP contribution in [0.15, 0.2) is 18.3 Å². The number of nitrogens with two attached hydrogens (primary N) is 1. The lowest BCUT2D eigenvalue weighted by atomic mass is 9.85. The summed E-state index contributed by atoms with van der Waals surface area (Å²) in [4.78, 5) is 31.0. The average molecular weight is 445 g/mol. The lowest BCUT2D eigenvalue weighted by Gasteiger charge is -2.62. The summed E-state index contributed by atoms with van der Waals surface area (Å²) in [6.45, 7) is 3.71. The van der Waals surface area contributed by atoms with Crippen molar-refractivity contribution in [3.8, 4) is 11.3 Å². The van der Waals surface area contributed by atoms with Crippen molar-refractivity contribution in [2.75, 3.05) is 35.2 Å². The smallest absolute Gasteiger partial charge is 0.383 e. The number of fused-ring (bicyclic) bond motifs is 2. The first kappa shape index (κ1) is 19.6. The maximum atomic E-state index is 13.4. The van der Waals surface area contributed by atoms with E-state index in [1.54, 1.807) is 13.0 Å². The number of hydrogen-bond donors (Lipinski definition) is 1. The second-order valence-electron chi connectivity index (χ2n) is 9.17. The number of likely N-dealkylation sites (tertiary alicyclic amines) is 1. The molecule has 2 aromatic heterocycles. The minimum atomic E-state index is -4.60. The molecule has 8 nitrogen and oxygen atoms in total. The minimum Gasteiger partial charge on any atom is -0.383 e. The van der Waals surface area contributed by atoms with E-state index < -0.39 is 17.6 Å². The van der Waals surface area contributed by atoms with Crippen LogP contribution in [-0.2, 0) is 11.0 Å². The summed E-state index contributed by atoms with van der Waals surface area (Å²) in [7, 11) is 0. The van der Waals surface area contributed by atoms with Gasteiger partial charge in [-0.25, -0.2) is 9.97 Å². The molecule has 2 bridgehead atoms. The Labute approximate surface area is 182 Å². The summed E-state index contributed by atoms with van der Waals surface area (Å²) in [5, 5.41) is 0. The monoisotopic (exact) mass is 445 g/mol. The van der Waals surface area contributed by atoms with Crippen molar-refractivity contribution >= 4 is 23.5 Å². The average Bonchev–Trinajstić information content (AvgIpc) is 3.30. The highest BCUT2D eigenvalue weighted by atomic mass is 19.4. The van der Waals surface area contributed by atoms with Crippen molar-refractivity contribution in [2.45, 2.75) is 44.1 Å². The molecule has 2 aromatic rings. The first-order valence-electron chi connectivity index (χ1n) is 10.7. The second-order valence-corrected chi connectivity index (χ2v) is 9.17. The molecule has 2 N–H and O–H groups in total. The zero-order valence-corrected chi connectivity index (χ0v) is 17.4. The number of anilines is 3. The number of carbonyl (C=O) groups excluding carboxylic acids is 1. The summed E-state index contributed by atoms with van der Waals surface area (Å²) in [6, 6.07) is 3.45. The Morgan fingerprint density at radius 2 is 1.88 bits per heavy atom. The van der Waals surface area contributed by atoms with Crippen molar-refractivity contribution in [1.82, 2.24) is 19.9 Å². The Morgan fingerprint density at radius 1 is 1.09 bits per heavy atom. The standard InChI is InChI=1S/C21H22F3N7O/c1-10(32)29-8-17-16(29)9-31(17)18-5-15(12-4-14(21(22,23)24)19(25)26-6-12)27-20(28-18)30-7-11-2-13(30)3-11/h4-6,11,13,16-17H,2-3,7-9H2,1H3,(H2,25,26)/t11?,13?,16-,17?/m1/s1. The van der Waals surface area contributed by atoms with E-state index in [4.69, 9.17) is 10.7 Å². The molecule has 0 spiro atoms. The Bertz CT molecular complexity index is 1120. The lowest BCUT2D eigenvalue weighted by molar-refractivity contribution is -0.141. The van der Waals surface area contributed by atoms with Crippen molar-refractivity contribution in [3.05, 3.63) is 23.9 Å². The summed E-state index contributed by atoms with van der Waals surface area (Å²) >= 11 is 0. The van der Waals surface area contributed by atoms with Gasteiger partial charge in [0.1, 0.15) is 11.6 Å². The van der Waals surface area contributed by atoms with Gasteiger partial charge < -0.3 is 20.4 Å². The fourth-order valence-electron chi connectivity index (χ4n) is 5.34. The molecule has 0 radical (unpaired) electrons. The van der Waals surface area contributed by atoms with Gasteiger partial charge in [-0.3, -0.25) is 4.79 Å². The van der Waals surface area contributed by atoms with Crippen molar-refractivity contribution in [3.63, 3.8) is 0 Å². The molecular formula is C21H22F3N7O. The van der Waals surface area contributed by atoms with Gasteiger partial charge in [0, 0.05) is 50.4 Å². The second kappa shape index (κ2) is 6.46. The van der Waals surface area contributed by atoms with Gasteiger partial charge in [-0.05, 0) is 24.8 Å². The van der Waals surface area contributed by atoms with E-state index in [-0.39, 0.29) is 23.6 Å². The molecule has 2 atom stereocenters. The summed E-state index contributed by atoms with van der Waals surface area (Å²) in [5.74, 6) is 1.35. The molecule has 32 heavy (non-hydrogen) atoms. The molecule has 7 rings (SSSR count). The van der Waals surface area contributed by atoms with Gasteiger partial charge in [0.15, 0.2) is 0 Å². The molecule has 1 aliphatic carbocycles. The quantitative estimate of drug-likeness (QED) is 0.774. The lowest BCUT2D eigenvalue weighted by Crippen LogP contribution is -2.80. The predicted octanol–water partition coefficient (Wildman–Crippen LogP) is 2.16. The van der Waals surface area contributed by atoms with E-state index >= 15 is 0 Å². The number of pyridine rings is 1. The number of nitrogen functional groups attached to an aromatic ring is 1. The highest BCUT2D eigenvalue weighted by Crippen LogP contribution is 2.44. The molecule has 1 unspecified atom stereocenters. The van der Waals surface area contributed by atoms with Crippen molar-refractivity contribution < 1.29 is 18.0 Å².